The number of carbonyl (C=O) groups is 1. The molecule has 1 aliphatic rings. The Morgan fingerprint density at radius 3 is 2.75 bits per heavy atom. The van der Waals surface area contributed by atoms with E-state index in [4.69, 9.17) is 5.84 Å². The van der Waals surface area contributed by atoms with Gasteiger partial charge in [0.05, 0.1) is 0 Å². The van der Waals surface area contributed by atoms with E-state index in [2.05, 4.69) is 13.8 Å². The minimum atomic E-state index is 0.00111. The van der Waals surface area contributed by atoms with Crippen molar-refractivity contribution in [3.63, 3.8) is 0 Å². The van der Waals surface area contributed by atoms with Crippen LogP contribution in [-0.4, -0.2) is 35.6 Å². The van der Waals surface area contributed by atoms with Crippen molar-refractivity contribution in [1.82, 2.24) is 9.91 Å². The number of amides is 2. The zero-order chi connectivity index (χ0) is 12.0. The summed E-state index contributed by atoms with van der Waals surface area (Å²) in [5.41, 5.74) is 0. The van der Waals surface area contributed by atoms with Gasteiger partial charge in [-0.15, -0.1) is 0 Å². The molecule has 1 heterocycles. The molecule has 0 radical (unpaired) electrons. The van der Waals surface area contributed by atoms with E-state index in [1.165, 1.54) is 24.3 Å². The number of unbranched alkanes of at least 4 members (excludes halogenated alkanes) is 1. The van der Waals surface area contributed by atoms with Gasteiger partial charge in [-0.05, 0) is 18.8 Å². The monoisotopic (exact) mass is 227 g/mol. The van der Waals surface area contributed by atoms with E-state index in [0.717, 1.165) is 25.9 Å². The van der Waals surface area contributed by atoms with E-state index in [-0.39, 0.29) is 6.03 Å². The molecule has 1 saturated heterocycles. The Bertz CT molecular complexity index is 220. The van der Waals surface area contributed by atoms with Crippen LogP contribution >= 0.6 is 0 Å². The molecule has 1 unspecified atom stereocenters. The second-order valence-electron chi connectivity index (χ2n) is 4.69. The molecule has 0 bridgehead atoms. The Labute approximate surface area is 98.7 Å². The van der Waals surface area contributed by atoms with Crippen LogP contribution in [0.15, 0.2) is 0 Å². The lowest BCUT2D eigenvalue weighted by molar-refractivity contribution is 0.119. The van der Waals surface area contributed by atoms with E-state index in [1.54, 1.807) is 0 Å². The molecule has 0 aliphatic carbocycles. The van der Waals surface area contributed by atoms with Gasteiger partial charge in [-0.25, -0.2) is 10.6 Å². The van der Waals surface area contributed by atoms with Crippen LogP contribution in [0, 0.1) is 5.92 Å². The maximum Gasteiger partial charge on any atom is 0.334 e. The highest BCUT2D eigenvalue weighted by molar-refractivity contribution is 5.74. The highest BCUT2D eigenvalue weighted by atomic mass is 16.2. The molecule has 0 spiro atoms. The predicted octanol–water partition coefficient (Wildman–Crippen LogP) is 2.20. The first-order chi connectivity index (χ1) is 7.69. The summed E-state index contributed by atoms with van der Waals surface area (Å²) in [6, 6.07) is 0.00111. The molecule has 0 aromatic rings. The van der Waals surface area contributed by atoms with Crippen molar-refractivity contribution >= 4 is 6.03 Å². The Kier molecular flexibility index (Phi) is 5.60. The number of nitrogens with zero attached hydrogens (tertiary/aromatic N) is 2. The fraction of sp³-hybridized carbons (Fsp3) is 0.917. The van der Waals surface area contributed by atoms with Crippen LogP contribution in [0.3, 0.4) is 0 Å². The lowest BCUT2D eigenvalue weighted by Gasteiger charge is -2.34. The minimum absolute atomic E-state index is 0.00111. The van der Waals surface area contributed by atoms with Gasteiger partial charge in [0.25, 0.3) is 0 Å². The molecular weight excluding hydrogens is 202 g/mol. The second-order valence-corrected chi connectivity index (χ2v) is 4.69. The van der Waals surface area contributed by atoms with Crippen molar-refractivity contribution in [3.8, 4) is 0 Å². The minimum Gasteiger partial charge on any atom is -0.323 e. The van der Waals surface area contributed by atoms with Gasteiger partial charge in [-0.3, -0.25) is 5.01 Å². The molecule has 4 heteroatoms. The maximum atomic E-state index is 11.8. The van der Waals surface area contributed by atoms with Crippen LogP contribution in [0.25, 0.3) is 0 Å². The first kappa shape index (κ1) is 13.3. The van der Waals surface area contributed by atoms with E-state index in [9.17, 15) is 4.79 Å². The molecule has 1 rings (SSSR count). The summed E-state index contributed by atoms with van der Waals surface area (Å²) in [5.74, 6) is 6.26. The SMILES string of the molecule is CCCCC(CC)CN1CCCN(N)C1=O. The first-order valence-electron chi connectivity index (χ1n) is 6.50. The standard InChI is InChI=1S/C12H25N3O/c1-3-5-7-11(4-2)10-14-8-6-9-15(13)12(14)16/h11H,3-10,13H2,1-2H3. The predicted molar refractivity (Wildman–Crippen MR) is 65.8 cm³/mol. The molecule has 2 N–H and O–H groups in total. The molecule has 0 saturated carbocycles. The number of hydrogen-bond acceptors (Lipinski definition) is 2. The Hall–Kier alpha value is -0.770. The molecule has 0 aromatic carbocycles. The van der Waals surface area contributed by atoms with Crippen LogP contribution in [0.2, 0.25) is 0 Å². The maximum absolute atomic E-state index is 11.8. The summed E-state index contributed by atoms with van der Waals surface area (Å²) in [6.45, 7) is 6.86. The summed E-state index contributed by atoms with van der Waals surface area (Å²) in [5, 5.41) is 1.34. The van der Waals surface area contributed by atoms with Gasteiger partial charge in [0.1, 0.15) is 0 Å². The fourth-order valence-corrected chi connectivity index (χ4v) is 2.20. The summed E-state index contributed by atoms with van der Waals surface area (Å²) in [6.07, 6.45) is 5.85. The van der Waals surface area contributed by atoms with Crippen LogP contribution in [0.5, 0.6) is 0 Å². The van der Waals surface area contributed by atoms with Gasteiger partial charge in [0.2, 0.25) is 0 Å². The van der Waals surface area contributed by atoms with Crippen molar-refractivity contribution < 1.29 is 4.79 Å². The molecular formula is C12H25N3O. The van der Waals surface area contributed by atoms with E-state index >= 15 is 0 Å². The van der Waals surface area contributed by atoms with Crippen LogP contribution < -0.4 is 5.84 Å². The largest absolute Gasteiger partial charge is 0.334 e. The molecule has 1 aliphatic heterocycles. The number of rotatable bonds is 6. The van der Waals surface area contributed by atoms with Gasteiger partial charge in [0, 0.05) is 19.6 Å². The van der Waals surface area contributed by atoms with Crippen molar-refractivity contribution in [2.24, 2.45) is 11.8 Å². The number of hydrogen-bond donors (Lipinski definition) is 1. The van der Waals surface area contributed by atoms with Gasteiger partial charge >= 0.3 is 6.03 Å². The lowest BCUT2D eigenvalue weighted by atomic mass is 9.98. The molecule has 94 valence electrons. The molecule has 2 amide bonds. The number of urea groups is 1. The van der Waals surface area contributed by atoms with E-state index in [1.807, 2.05) is 4.90 Å². The zero-order valence-electron chi connectivity index (χ0n) is 10.6. The quantitative estimate of drug-likeness (QED) is 0.558. The summed E-state index contributed by atoms with van der Waals surface area (Å²) >= 11 is 0. The van der Waals surface area contributed by atoms with Crippen molar-refractivity contribution in [2.45, 2.75) is 46.0 Å². The Morgan fingerprint density at radius 2 is 2.12 bits per heavy atom. The smallest absolute Gasteiger partial charge is 0.323 e. The van der Waals surface area contributed by atoms with Gasteiger partial charge in [-0.2, -0.15) is 0 Å². The molecule has 16 heavy (non-hydrogen) atoms. The third kappa shape index (κ3) is 3.67. The van der Waals surface area contributed by atoms with Gasteiger partial charge < -0.3 is 4.90 Å². The highest BCUT2D eigenvalue weighted by Gasteiger charge is 2.24. The van der Waals surface area contributed by atoms with Crippen LogP contribution in [-0.2, 0) is 0 Å². The molecule has 1 fully saturated rings. The summed E-state index contributed by atoms with van der Waals surface area (Å²) < 4.78 is 0. The highest BCUT2D eigenvalue weighted by Crippen LogP contribution is 2.16. The fourth-order valence-electron chi connectivity index (χ4n) is 2.20. The van der Waals surface area contributed by atoms with Crippen LogP contribution in [0.4, 0.5) is 4.79 Å². The van der Waals surface area contributed by atoms with Gasteiger partial charge in [0.15, 0.2) is 0 Å². The zero-order valence-corrected chi connectivity index (χ0v) is 10.6. The molecule has 0 aromatic heterocycles. The average Bonchev–Trinajstić information content (AvgIpc) is 2.30. The first-order valence-corrected chi connectivity index (χ1v) is 6.50. The van der Waals surface area contributed by atoms with Gasteiger partial charge in [-0.1, -0.05) is 33.1 Å². The average molecular weight is 227 g/mol. The summed E-state index contributed by atoms with van der Waals surface area (Å²) in [7, 11) is 0. The van der Waals surface area contributed by atoms with Crippen molar-refractivity contribution in [1.29, 1.82) is 0 Å². The third-order valence-corrected chi connectivity index (χ3v) is 3.37. The van der Waals surface area contributed by atoms with Crippen LogP contribution in [0.1, 0.15) is 46.0 Å². The normalized spacial score (nSPS) is 19.1. The third-order valence-electron chi connectivity index (χ3n) is 3.37. The van der Waals surface area contributed by atoms with Crippen molar-refractivity contribution in [3.05, 3.63) is 0 Å². The van der Waals surface area contributed by atoms with E-state index in [0.29, 0.717) is 12.5 Å². The number of nitrogens with two attached hydrogens (primary N) is 1. The summed E-state index contributed by atoms with van der Waals surface area (Å²) in [4.78, 5) is 13.7. The number of carbonyl (C=O) groups excluding carboxylic acids is 1. The second kappa shape index (κ2) is 6.74. The number of hydrazine groups is 1. The Balaban J connectivity index is 2.40. The lowest BCUT2D eigenvalue weighted by Crippen LogP contribution is -2.53. The topological polar surface area (TPSA) is 49.6 Å². The Morgan fingerprint density at radius 1 is 1.38 bits per heavy atom. The molecule has 4 nitrogen and oxygen atoms in total. The molecule has 1 atom stereocenters. The van der Waals surface area contributed by atoms with Crippen molar-refractivity contribution in [2.75, 3.05) is 19.6 Å². The van der Waals surface area contributed by atoms with E-state index < -0.39 is 0 Å².